The predicted octanol–water partition coefficient (Wildman–Crippen LogP) is 3.54. The first kappa shape index (κ1) is 18.1. The van der Waals surface area contributed by atoms with Gasteiger partial charge in [0.15, 0.2) is 0 Å². The molecule has 0 bridgehead atoms. The van der Waals surface area contributed by atoms with Crippen molar-refractivity contribution in [3.05, 3.63) is 59.4 Å². The quantitative estimate of drug-likeness (QED) is 0.695. The van der Waals surface area contributed by atoms with Gasteiger partial charge in [-0.1, -0.05) is 23.9 Å². The van der Waals surface area contributed by atoms with Crippen LogP contribution in [0.25, 0.3) is 5.69 Å². The Kier molecular flexibility index (Phi) is 5.32. The number of benzene rings is 2. The lowest BCUT2D eigenvalue weighted by atomic mass is 10.1. The molecule has 0 aliphatic rings. The van der Waals surface area contributed by atoms with Crippen molar-refractivity contribution in [1.29, 1.82) is 0 Å². The van der Waals surface area contributed by atoms with Gasteiger partial charge in [0.05, 0.1) is 10.9 Å². The molecule has 3 aromatic rings. The van der Waals surface area contributed by atoms with Crippen molar-refractivity contribution in [1.82, 2.24) is 20.2 Å². The molecule has 1 amide bonds. The van der Waals surface area contributed by atoms with Crippen LogP contribution in [0.1, 0.15) is 18.1 Å². The summed E-state index contributed by atoms with van der Waals surface area (Å²) in [7, 11) is 0. The molecule has 0 saturated heterocycles. The third-order valence-corrected chi connectivity index (χ3v) is 4.95. The van der Waals surface area contributed by atoms with Crippen LogP contribution in [0.5, 0.6) is 0 Å². The number of carbonyl (C=O) groups excluding carboxylic acids is 1. The summed E-state index contributed by atoms with van der Waals surface area (Å²) >= 11 is 1.23. The van der Waals surface area contributed by atoms with Crippen molar-refractivity contribution in [2.45, 2.75) is 31.2 Å². The number of tetrazole rings is 1. The Balaban J connectivity index is 1.74. The van der Waals surface area contributed by atoms with E-state index in [0.717, 1.165) is 11.3 Å². The average molecular weight is 371 g/mol. The van der Waals surface area contributed by atoms with Gasteiger partial charge in [-0.3, -0.25) is 4.79 Å². The number of carbonyl (C=O) groups is 1. The van der Waals surface area contributed by atoms with Crippen molar-refractivity contribution in [3.8, 4) is 5.69 Å². The molecule has 0 radical (unpaired) electrons. The molecule has 0 fully saturated rings. The fraction of sp³-hybridized carbons (Fsp3) is 0.222. The summed E-state index contributed by atoms with van der Waals surface area (Å²) in [6.07, 6.45) is 0. The molecule has 0 aliphatic carbocycles. The molecule has 6 nitrogen and oxygen atoms in total. The highest BCUT2D eigenvalue weighted by Gasteiger charge is 2.19. The van der Waals surface area contributed by atoms with E-state index in [1.165, 1.54) is 29.5 Å². The predicted molar refractivity (Wildman–Crippen MR) is 99.0 cm³/mol. The zero-order valence-corrected chi connectivity index (χ0v) is 15.4. The van der Waals surface area contributed by atoms with Gasteiger partial charge in [0.25, 0.3) is 0 Å². The normalized spacial score (nSPS) is 12.0. The van der Waals surface area contributed by atoms with Crippen LogP contribution in [0.4, 0.5) is 10.1 Å². The van der Waals surface area contributed by atoms with Gasteiger partial charge in [-0.05, 0) is 72.7 Å². The van der Waals surface area contributed by atoms with E-state index >= 15 is 0 Å². The topological polar surface area (TPSA) is 72.7 Å². The largest absolute Gasteiger partial charge is 0.325 e. The highest BCUT2D eigenvalue weighted by molar-refractivity contribution is 8.00. The number of rotatable bonds is 5. The van der Waals surface area contributed by atoms with Crippen LogP contribution < -0.4 is 5.32 Å². The highest BCUT2D eigenvalue weighted by atomic mass is 32.2. The highest BCUT2D eigenvalue weighted by Crippen LogP contribution is 2.24. The molecule has 134 valence electrons. The van der Waals surface area contributed by atoms with E-state index in [0.29, 0.717) is 10.8 Å². The zero-order chi connectivity index (χ0) is 18.7. The standard InChI is InChI=1S/C18H18FN5OS/c1-11-7-8-16(9-12(11)2)24-18(21-22-23-24)26-13(3)17(25)20-15-6-4-5-14(19)10-15/h4-10,13H,1-3H3,(H,20,25)/t13-/m1/s1. The van der Waals surface area contributed by atoms with E-state index in [4.69, 9.17) is 0 Å². The zero-order valence-electron chi connectivity index (χ0n) is 14.6. The van der Waals surface area contributed by atoms with Gasteiger partial charge >= 0.3 is 0 Å². The number of halogens is 1. The number of hydrogen-bond donors (Lipinski definition) is 1. The molecular weight excluding hydrogens is 353 g/mol. The first-order valence-corrected chi connectivity index (χ1v) is 8.91. The molecule has 1 heterocycles. The molecule has 2 aromatic carbocycles. The van der Waals surface area contributed by atoms with Crippen LogP contribution in [0.15, 0.2) is 47.6 Å². The minimum Gasteiger partial charge on any atom is -0.325 e. The number of anilines is 1. The molecule has 0 saturated carbocycles. The second kappa shape index (κ2) is 7.65. The maximum absolute atomic E-state index is 13.2. The number of amides is 1. The van der Waals surface area contributed by atoms with Gasteiger partial charge in [-0.25, -0.2) is 4.39 Å². The Morgan fingerprint density at radius 1 is 1.19 bits per heavy atom. The van der Waals surface area contributed by atoms with Gasteiger partial charge in [0, 0.05) is 5.69 Å². The van der Waals surface area contributed by atoms with Gasteiger partial charge in [-0.15, -0.1) is 5.10 Å². The summed E-state index contributed by atoms with van der Waals surface area (Å²) in [6.45, 7) is 5.80. The van der Waals surface area contributed by atoms with Gasteiger partial charge in [0.1, 0.15) is 5.82 Å². The minimum absolute atomic E-state index is 0.254. The lowest BCUT2D eigenvalue weighted by Gasteiger charge is -2.12. The first-order chi connectivity index (χ1) is 12.4. The monoisotopic (exact) mass is 371 g/mol. The summed E-state index contributed by atoms with van der Waals surface area (Å²) in [5.74, 6) is -0.656. The summed E-state index contributed by atoms with van der Waals surface area (Å²) in [4.78, 5) is 12.4. The molecule has 8 heteroatoms. The molecular formula is C18H18FN5OS. The maximum atomic E-state index is 13.2. The van der Waals surface area contributed by atoms with Gasteiger partial charge in [0.2, 0.25) is 11.1 Å². The Morgan fingerprint density at radius 2 is 2.00 bits per heavy atom. The van der Waals surface area contributed by atoms with Crippen LogP contribution in [0.2, 0.25) is 0 Å². The molecule has 1 aromatic heterocycles. The van der Waals surface area contributed by atoms with Crippen LogP contribution in [-0.4, -0.2) is 31.4 Å². The molecule has 1 atom stereocenters. The molecule has 26 heavy (non-hydrogen) atoms. The van der Waals surface area contributed by atoms with Crippen molar-refractivity contribution < 1.29 is 9.18 Å². The fourth-order valence-electron chi connectivity index (χ4n) is 2.29. The summed E-state index contributed by atoms with van der Waals surface area (Å²) in [5.41, 5.74) is 3.55. The Hall–Kier alpha value is -2.74. The van der Waals surface area contributed by atoms with E-state index in [2.05, 4.69) is 20.8 Å². The molecule has 1 N–H and O–H groups in total. The van der Waals surface area contributed by atoms with E-state index in [9.17, 15) is 9.18 Å². The van der Waals surface area contributed by atoms with Crippen LogP contribution in [-0.2, 0) is 4.79 Å². The number of hydrogen-bond acceptors (Lipinski definition) is 5. The maximum Gasteiger partial charge on any atom is 0.237 e. The number of nitrogens with zero attached hydrogens (tertiary/aromatic N) is 4. The number of aromatic nitrogens is 4. The molecule has 3 rings (SSSR count). The van der Waals surface area contributed by atoms with E-state index in [1.54, 1.807) is 23.7 Å². The third kappa shape index (κ3) is 4.08. The van der Waals surface area contributed by atoms with Crippen LogP contribution in [0, 0.1) is 19.7 Å². The average Bonchev–Trinajstić information content (AvgIpc) is 3.05. The van der Waals surface area contributed by atoms with E-state index < -0.39 is 11.1 Å². The lowest BCUT2D eigenvalue weighted by molar-refractivity contribution is -0.115. The Labute approximate surface area is 154 Å². The molecule has 0 spiro atoms. The third-order valence-electron chi connectivity index (χ3n) is 3.92. The van der Waals surface area contributed by atoms with E-state index in [1.807, 2.05) is 32.0 Å². The van der Waals surface area contributed by atoms with Crippen LogP contribution >= 0.6 is 11.8 Å². The van der Waals surface area contributed by atoms with Crippen molar-refractivity contribution in [3.63, 3.8) is 0 Å². The summed E-state index contributed by atoms with van der Waals surface area (Å²) < 4.78 is 14.8. The smallest absolute Gasteiger partial charge is 0.237 e. The summed E-state index contributed by atoms with van der Waals surface area (Å²) in [5, 5.41) is 14.5. The Bertz CT molecular complexity index is 943. The van der Waals surface area contributed by atoms with E-state index in [-0.39, 0.29) is 5.91 Å². The van der Waals surface area contributed by atoms with Gasteiger partial charge in [-0.2, -0.15) is 4.68 Å². The van der Waals surface area contributed by atoms with Gasteiger partial charge < -0.3 is 5.32 Å². The van der Waals surface area contributed by atoms with Crippen molar-refractivity contribution in [2.75, 3.05) is 5.32 Å². The van der Waals surface area contributed by atoms with Crippen LogP contribution in [0.3, 0.4) is 0 Å². The first-order valence-electron chi connectivity index (χ1n) is 8.03. The number of nitrogens with one attached hydrogen (secondary N) is 1. The summed E-state index contributed by atoms with van der Waals surface area (Å²) in [6, 6.07) is 11.7. The molecule has 0 aliphatic heterocycles. The SMILES string of the molecule is Cc1ccc(-n2nnnc2S[C@H](C)C(=O)Nc2cccc(F)c2)cc1C. The number of aryl methyl sites for hydroxylation is 2. The van der Waals surface area contributed by atoms with Crippen molar-refractivity contribution >= 4 is 23.4 Å². The second-order valence-corrected chi connectivity index (χ2v) is 7.21. The second-order valence-electron chi connectivity index (χ2n) is 5.90. The van der Waals surface area contributed by atoms with Crippen molar-refractivity contribution in [2.24, 2.45) is 0 Å². The minimum atomic E-state index is -0.463. The number of thioether (sulfide) groups is 1. The molecule has 0 unspecified atom stereocenters. The Morgan fingerprint density at radius 3 is 2.73 bits per heavy atom. The lowest BCUT2D eigenvalue weighted by Crippen LogP contribution is -2.23. The fourth-order valence-corrected chi connectivity index (χ4v) is 3.10.